The number of hydrogen-bond donors (Lipinski definition) is 2. The molecule has 2 N–H and O–H groups in total. The second kappa shape index (κ2) is 12.5. The highest BCUT2D eigenvalue weighted by molar-refractivity contribution is 6.06. The number of rotatable bonds is 7. The van der Waals surface area contributed by atoms with E-state index in [0.717, 1.165) is 18.1 Å². The molecule has 3 aliphatic heterocycles. The molecule has 216 valence electrons. The molecular formula is C28H31N5O8. The molecule has 2 atom stereocenters. The molecule has 2 saturated heterocycles. The number of hydroxylamine groups is 1. The van der Waals surface area contributed by atoms with Gasteiger partial charge < -0.3 is 29.3 Å². The second-order valence-electron chi connectivity index (χ2n) is 9.66. The minimum atomic E-state index is -1.54. The summed E-state index contributed by atoms with van der Waals surface area (Å²) in [7, 11) is 0. The van der Waals surface area contributed by atoms with E-state index in [-0.39, 0.29) is 25.8 Å². The highest BCUT2D eigenvalue weighted by atomic mass is 16.7. The van der Waals surface area contributed by atoms with Crippen molar-refractivity contribution in [2.24, 2.45) is 4.99 Å². The van der Waals surface area contributed by atoms with E-state index in [1.54, 1.807) is 47.4 Å². The maximum Gasteiger partial charge on any atom is 0.303 e. The predicted molar refractivity (Wildman–Crippen MR) is 146 cm³/mol. The summed E-state index contributed by atoms with van der Waals surface area (Å²) in [4.78, 5) is 64.4. The third-order valence-electron chi connectivity index (χ3n) is 6.89. The molecule has 2 fully saturated rings. The highest BCUT2D eigenvalue weighted by Crippen LogP contribution is 2.26. The Morgan fingerprint density at radius 2 is 1.83 bits per heavy atom. The average Bonchev–Trinajstić information content (AvgIpc) is 3.52. The van der Waals surface area contributed by atoms with E-state index in [2.05, 4.69) is 15.8 Å². The number of carbonyl (C=O) groups is 4. The first-order chi connectivity index (χ1) is 19.8. The van der Waals surface area contributed by atoms with Crippen LogP contribution in [0.4, 0.5) is 11.4 Å². The van der Waals surface area contributed by atoms with Crippen LogP contribution in [0.2, 0.25) is 0 Å². The predicted octanol–water partition coefficient (Wildman–Crippen LogP) is 1.01. The topological polar surface area (TPSA) is 148 Å². The maximum atomic E-state index is 13.7. The number of esters is 1. The van der Waals surface area contributed by atoms with Gasteiger partial charge in [0, 0.05) is 49.1 Å². The van der Waals surface area contributed by atoms with E-state index in [1.165, 1.54) is 4.90 Å². The van der Waals surface area contributed by atoms with Crippen LogP contribution in [0, 0.1) is 6.92 Å². The molecule has 3 amide bonds. The van der Waals surface area contributed by atoms with Crippen LogP contribution in [0.3, 0.4) is 0 Å². The molecule has 2 aromatic carbocycles. The lowest BCUT2D eigenvalue weighted by molar-refractivity contribution is -0.167. The maximum absolute atomic E-state index is 13.7. The van der Waals surface area contributed by atoms with E-state index in [1.807, 2.05) is 6.92 Å². The van der Waals surface area contributed by atoms with Crippen molar-refractivity contribution < 1.29 is 38.2 Å². The van der Waals surface area contributed by atoms with Gasteiger partial charge in [0.15, 0.2) is 18.7 Å². The number of hydrogen-bond acceptors (Lipinski definition) is 10. The molecule has 0 bridgehead atoms. The molecule has 3 aliphatic rings. The smallest absolute Gasteiger partial charge is 0.303 e. The standard InChI is InChI=1S/C28H31N5O8/c1-17-3-8-21(15-22(17)27(36)32-9-12-38-13-10-32)33-11-14-39-24(28(33)37)23(41-18(2)34)26(35)30-20-6-4-19(5-7-20)25-29-16-40-31-25/h3-8,15,23-24H,9-14,16H2,1-2H3,(H,29,31)(H,30,35). The van der Waals surface area contributed by atoms with Crippen LogP contribution in [0.5, 0.6) is 0 Å². The first-order valence-corrected chi connectivity index (χ1v) is 13.2. The molecule has 0 aromatic heterocycles. The number of nitrogens with one attached hydrogen (secondary N) is 2. The molecule has 5 rings (SSSR count). The van der Waals surface area contributed by atoms with Gasteiger partial charge in [-0.3, -0.25) is 24.0 Å². The molecule has 2 unspecified atom stereocenters. The van der Waals surface area contributed by atoms with Crippen LogP contribution >= 0.6 is 0 Å². The van der Waals surface area contributed by atoms with Crippen LogP contribution in [0.15, 0.2) is 47.5 Å². The first kappa shape index (κ1) is 28.2. The summed E-state index contributed by atoms with van der Waals surface area (Å²) in [6, 6.07) is 11.9. The second-order valence-corrected chi connectivity index (χ2v) is 9.66. The number of anilines is 2. The Kier molecular flexibility index (Phi) is 8.57. The molecule has 0 aliphatic carbocycles. The Balaban J connectivity index is 1.33. The number of aliphatic imine (C=N–C) groups is 1. The van der Waals surface area contributed by atoms with Crippen LogP contribution in [-0.2, 0) is 33.4 Å². The van der Waals surface area contributed by atoms with Crippen molar-refractivity contribution in [2.45, 2.75) is 26.1 Å². The first-order valence-electron chi connectivity index (χ1n) is 13.2. The van der Waals surface area contributed by atoms with Crippen molar-refractivity contribution in [2.75, 3.05) is 56.4 Å². The lowest BCUT2D eigenvalue weighted by Crippen LogP contribution is -2.56. The van der Waals surface area contributed by atoms with Gasteiger partial charge in [0.2, 0.25) is 6.10 Å². The zero-order valence-corrected chi connectivity index (χ0v) is 22.8. The summed E-state index contributed by atoms with van der Waals surface area (Å²) in [5, 5.41) is 2.69. The average molecular weight is 566 g/mol. The summed E-state index contributed by atoms with van der Waals surface area (Å²) in [6.07, 6.45) is -2.93. The third-order valence-corrected chi connectivity index (χ3v) is 6.89. The van der Waals surface area contributed by atoms with Crippen LogP contribution in [0.25, 0.3) is 0 Å². The number of aryl methyl sites for hydroxylation is 1. The molecule has 13 heteroatoms. The number of morpholine rings is 2. The summed E-state index contributed by atoms with van der Waals surface area (Å²) in [5.74, 6) is -1.61. The summed E-state index contributed by atoms with van der Waals surface area (Å²) in [5.41, 5.74) is 5.59. The highest BCUT2D eigenvalue weighted by Gasteiger charge is 2.43. The Morgan fingerprint density at radius 1 is 1.07 bits per heavy atom. The van der Waals surface area contributed by atoms with Gasteiger partial charge in [-0.1, -0.05) is 6.07 Å². The molecule has 0 spiro atoms. The van der Waals surface area contributed by atoms with Crippen LogP contribution in [-0.4, -0.2) is 92.8 Å². The lowest BCUT2D eigenvalue weighted by Gasteiger charge is -2.35. The number of amides is 3. The molecule has 41 heavy (non-hydrogen) atoms. The number of carbonyl (C=O) groups excluding carboxylic acids is 4. The fourth-order valence-electron chi connectivity index (χ4n) is 4.76. The normalized spacial score (nSPS) is 19.7. The minimum absolute atomic E-state index is 0.0912. The largest absolute Gasteiger partial charge is 0.449 e. The van der Waals surface area contributed by atoms with E-state index in [9.17, 15) is 19.2 Å². The number of ether oxygens (including phenoxy) is 3. The van der Waals surface area contributed by atoms with E-state index in [4.69, 9.17) is 19.0 Å². The lowest BCUT2D eigenvalue weighted by atomic mass is 10.0. The summed E-state index contributed by atoms with van der Waals surface area (Å²) in [6.45, 7) is 5.40. The number of nitrogens with zero attached hydrogens (tertiary/aromatic N) is 3. The van der Waals surface area contributed by atoms with Crippen molar-refractivity contribution in [1.82, 2.24) is 10.4 Å². The van der Waals surface area contributed by atoms with Gasteiger partial charge in [-0.2, -0.15) is 0 Å². The van der Waals surface area contributed by atoms with Gasteiger partial charge in [0.25, 0.3) is 17.7 Å². The Labute approximate surface area is 236 Å². The van der Waals surface area contributed by atoms with Crippen LogP contribution in [0.1, 0.15) is 28.4 Å². The molecule has 0 radical (unpaired) electrons. The molecular weight excluding hydrogens is 534 g/mol. The Bertz CT molecular complexity index is 1360. The van der Waals surface area contributed by atoms with Gasteiger partial charge >= 0.3 is 5.97 Å². The minimum Gasteiger partial charge on any atom is -0.449 e. The van der Waals surface area contributed by atoms with Gasteiger partial charge in [-0.15, -0.1) is 0 Å². The molecule has 2 aromatic rings. The van der Waals surface area contributed by atoms with Crippen molar-refractivity contribution in [3.8, 4) is 0 Å². The Morgan fingerprint density at radius 3 is 2.51 bits per heavy atom. The summed E-state index contributed by atoms with van der Waals surface area (Å²) < 4.78 is 16.3. The monoisotopic (exact) mass is 565 g/mol. The molecule has 0 saturated carbocycles. The zero-order chi connectivity index (χ0) is 28.9. The number of amidine groups is 1. The quantitative estimate of drug-likeness (QED) is 0.469. The molecule has 3 heterocycles. The number of benzene rings is 2. The van der Waals surface area contributed by atoms with E-state index in [0.29, 0.717) is 49.1 Å². The van der Waals surface area contributed by atoms with Gasteiger partial charge in [0.1, 0.15) is 0 Å². The summed E-state index contributed by atoms with van der Waals surface area (Å²) >= 11 is 0. The van der Waals surface area contributed by atoms with E-state index < -0.39 is 30.0 Å². The van der Waals surface area contributed by atoms with Crippen molar-refractivity contribution in [3.05, 3.63) is 59.2 Å². The van der Waals surface area contributed by atoms with Crippen molar-refractivity contribution >= 4 is 40.9 Å². The van der Waals surface area contributed by atoms with Crippen molar-refractivity contribution in [3.63, 3.8) is 0 Å². The Hall–Kier alpha value is -4.33. The fourth-order valence-corrected chi connectivity index (χ4v) is 4.76. The third kappa shape index (κ3) is 6.37. The molecule has 13 nitrogen and oxygen atoms in total. The van der Waals surface area contributed by atoms with Gasteiger partial charge in [0.05, 0.1) is 19.8 Å². The van der Waals surface area contributed by atoms with Crippen LogP contribution < -0.4 is 15.7 Å². The van der Waals surface area contributed by atoms with Gasteiger partial charge in [-0.25, -0.2) is 10.5 Å². The van der Waals surface area contributed by atoms with E-state index >= 15 is 0 Å². The SMILES string of the molecule is CC(=O)OC(C(=O)Nc1ccc(C2=NCON2)cc1)C1OCCN(c2ccc(C)c(C(=O)N3CCOCC3)c2)C1=O. The fraction of sp³-hybridized carbons (Fsp3) is 0.393. The van der Waals surface area contributed by atoms with Crippen molar-refractivity contribution in [1.29, 1.82) is 0 Å². The van der Waals surface area contributed by atoms with Gasteiger partial charge in [-0.05, 0) is 48.9 Å². The zero-order valence-electron chi connectivity index (χ0n) is 22.8.